The molecule has 1 aliphatic carbocycles. The number of benzene rings is 3. The van der Waals surface area contributed by atoms with Crippen LogP contribution in [0.1, 0.15) is 30.4 Å². The second kappa shape index (κ2) is 9.88. The summed E-state index contributed by atoms with van der Waals surface area (Å²) in [5.41, 5.74) is 6.03. The molecule has 4 nitrogen and oxygen atoms in total. The van der Waals surface area contributed by atoms with Crippen molar-refractivity contribution in [1.82, 2.24) is 9.80 Å². The second-order valence-corrected chi connectivity index (χ2v) is 9.60. The Morgan fingerprint density at radius 3 is 2.09 bits per heavy atom. The number of carbonyl (C=O) groups excluding carboxylic acids is 1. The molecule has 0 spiro atoms. The van der Waals surface area contributed by atoms with Crippen molar-refractivity contribution < 1.29 is 13.6 Å². The van der Waals surface area contributed by atoms with E-state index in [0.29, 0.717) is 37.8 Å². The van der Waals surface area contributed by atoms with E-state index in [2.05, 4.69) is 58.3 Å². The molecule has 35 heavy (non-hydrogen) atoms. The number of halogens is 2. The van der Waals surface area contributed by atoms with E-state index in [1.807, 2.05) is 11.9 Å². The van der Waals surface area contributed by atoms with Crippen molar-refractivity contribution in [2.75, 3.05) is 44.7 Å². The van der Waals surface area contributed by atoms with Gasteiger partial charge in [-0.15, -0.1) is 0 Å². The average molecular weight is 476 g/mol. The molecule has 0 N–H and O–H groups in total. The van der Waals surface area contributed by atoms with Gasteiger partial charge in [-0.05, 0) is 54.8 Å². The molecule has 1 aliphatic heterocycles. The van der Waals surface area contributed by atoms with Gasteiger partial charge in [-0.25, -0.2) is 8.78 Å². The lowest BCUT2D eigenvalue weighted by atomic mass is 9.93. The van der Waals surface area contributed by atoms with Crippen molar-refractivity contribution in [2.45, 2.75) is 25.4 Å². The van der Waals surface area contributed by atoms with E-state index in [-0.39, 0.29) is 11.9 Å². The van der Waals surface area contributed by atoms with Gasteiger partial charge < -0.3 is 4.90 Å². The molecule has 0 saturated carbocycles. The first kappa shape index (κ1) is 23.6. The number of hydrogen-bond acceptors (Lipinski definition) is 4. The fraction of sp³-hybridized carbons (Fsp3) is 0.345. The highest BCUT2D eigenvalue weighted by atomic mass is 19.2. The lowest BCUT2D eigenvalue weighted by Crippen LogP contribution is -2.58. The minimum atomic E-state index is -0.835. The number of anilines is 1. The normalized spacial score (nSPS) is 16.9. The standard InChI is InChI=1S/C29H31F2N3O/c1-20(35)29(34-17-15-33(16-18-34)21-11-12-27(30)28(31)19-21)32(2)14-13-26-24-9-5-3-7-22(24)23-8-4-6-10-25(23)26/h3-12,19,26,29H,13-18H2,1-2H3. The van der Waals surface area contributed by atoms with Crippen molar-refractivity contribution in [3.63, 3.8) is 0 Å². The molecule has 5 rings (SSSR count). The van der Waals surface area contributed by atoms with Gasteiger partial charge in [0.05, 0.1) is 0 Å². The van der Waals surface area contributed by atoms with Gasteiger partial charge in [0.15, 0.2) is 17.4 Å². The van der Waals surface area contributed by atoms with Crippen LogP contribution < -0.4 is 4.90 Å². The first-order valence-corrected chi connectivity index (χ1v) is 12.3. The van der Waals surface area contributed by atoms with E-state index in [0.717, 1.165) is 13.0 Å². The van der Waals surface area contributed by atoms with E-state index in [1.54, 1.807) is 13.0 Å². The second-order valence-electron chi connectivity index (χ2n) is 9.60. The summed E-state index contributed by atoms with van der Waals surface area (Å²) in [4.78, 5) is 19.1. The van der Waals surface area contributed by atoms with Gasteiger partial charge in [-0.3, -0.25) is 14.6 Å². The number of piperazine rings is 1. The fourth-order valence-corrected chi connectivity index (χ4v) is 5.78. The first-order chi connectivity index (χ1) is 16.9. The molecule has 1 heterocycles. The lowest BCUT2D eigenvalue weighted by molar-refractivity contribution is -0.128. The largest absolute Gasteiger partial charge is 0.369 e. The van der Waals surface area contributed by atoms with Gasteiger partial charge in [-0.1, -0.05) is 48.5 Å². The maximum atomic E-state index is 13.7. The van der Waals surface area contributed by atoms with Crippen LogP contribution in [0.25, 0.3) is 11.1 Å². The Kier molecular flexibility index (Phi) is 6.67. The molecule has 6 heteroatoms. The zero-order valence-corrected chi connectivity index (χ0v) is 20.3. The molecule has 0 bridgehead atoms. The van der Waals surface area contributed by atoms with Crippen LogP contribution in [0.2, 0.25) is 0 Å². The van der Waals surface area contributed by atoms with E-state index < -0.39 is 11.6 Å². The Bertz CT molecular complexity index is 1180. The summed E-state index contributed by atoms with van der Waals surface area (Å²) in [6, 6.07) is 21.3. The summed E-state index contributed by atoms with van der Waals surface area (Å²) in [5, 5.41) is 0. The zero-order chi connectivity index (χ0) is 24.5. The molecule has 3 aromatic carbocycles. The van der Waals surface area contributed by atoms with Gasteiger partial charge in [0, 0.05) is 50.4 Å². The number of hydrogen-bond donors (Lipinski definition) is 0. The SMILES string of the molecule is CC(=O)C(N(C)CCC1c2ccccc2-c2ccccc21)N1CCN(c2ccc(F)c(F)c2)CC1. The van der Waals surface area contributed by atoms with Gasteiger partial charge in [0.1, 0.15) is 6.17 Å². The topological polar surface area (TPSA) is 26.8 Å². The highest BCUT2D eigenvalue weighted by Crippen LogP contribution is 2.46. The van der Waals surface area contributed by atoms with Crippen molar-refractivity contribution in [3.8, 4) is 11.1 Å². The monoisotopic (exact) mass is 475 g/mol. The number of carbonyl (C=O) groups is 1. The van der Waals surface area contributed by atoms with Crippen molar-refractivity contribution >= 4 is 11.5 Å². The molecular formula is C29H31F2N3O. The van der Waals surface area contributed by atoms with Crippen LogP contribution in [0.4, 0.5) is 14.5 Å². The predicted octanol–water partition coefficient (Wildman–Crippen LogP) is 5.14. The molecule has 2 aliphatic rings. The van der Waals surface area contributed by atoms with Gasteiger partial charge in [0.25, 0.3) is 0 Å². The third-order valence-electron chi connectivity index (χ3n) is 7.44. The molecule has 0 radical (unpaired) electrons. The number of ketones is 1. The Labute approximate surface area is 205 Å². The Hall–Kier alpha value is -3.09. The number of likely N-dealkylation sites (N-methyl/N-ethyl adjacent to an activating group) is 1. The summed E-state index contributed by atoms with van der Waals surface area (Å²) in [7, 11) is 2.03. The van der Waals surface area contributed by atoms with E-state index in [4.69, 9.17) is 0 Å². The quantitative estimate of drug-likeness (QED) is 0.473. The van der Waals surface area contributed by atoms with Crippen molar-refractivity contribution in [1.29, 1.82) is 0 Å². The van der Waals surface area contributed by atoms with E-state index in [9.17, 15) is 13.6 Å². The van der Waals surface area contributed by atoms with Crippen LogP contribution in [-0.2, 0) is 4.79 Å². The molecule has 3 aromatic rings. The number of nitrogens with zero attached hydrogens (tertiary/aromatic N) is 3. The summed E-state index contributed by atoms with van der Waals surface area (Å²) in [6.07, 6.45) is 0.636. The summed E-state index contributed by atoms with van der Waals surface area (Å²) >= 11 is 0. The molecule has 0 aromatic heterocycles. The Morgan fingerprint density at radius 1 is 0.914 bits per heavy atom. The average Bonchev–Trinajstić information content (AvgIpc) is 3.18. The Morgan fingerprint density at radius 2 is 1.51 bits per heavy atom. The zero-order valence-electron chi connectivity index (χ0n) is 20.3. The van der Waals surface area contributed by atoms with Crippen LogP contribution in [0.5, 0.6) is 0 Å². The molecule has 1 unspecified atom stereocenters. The molecular weight excluding hydrogens is 444 g/mol. The smallest absolute Gasteiger partial charge is 0.161 e. The molecule has 1 atom stereocenters. The molecule has 1 saturated heterocycles. The van der Waals surface area contributed by atoms with Crippen LogP contribution >= 0.6 is 0 Å². The number of Topliss-reactive ketones (excluding diaryl/α,β-unsaturated/α-hetero) is 1. The van der Waals surface area contributed by atoms with Crippen LogP contribution in [-0.4, -0.2) is 61.5 Å². The van der Waals surface area contributed by atoms with E-state index >= 15 is 0 Å². The maximum Gasteiger partial charge on any atom is 0.161 e. The lowest BCUT2D eigenvalue weighted by Gasteiger charge is -2.42. The van der Waals surface area contributed by atoms with E-state index in [1.165, 1.54) is 34.4 Å². The summed E-state index contributed by atoms with van der Waals surface area (Å²) in [5.74, 6) is -1.22. The minimum Gasteiger partial charge on any atom is -0.369 e. The van der Waals surface area contributed by atoms with Gasteiger partial charge >= 0.3 is 0 Å². The van der Waals surface area contributed by atoms with Crippen LogP contribution in [0, 0.1) is 11.6 Å². The summed E-state index contributed by atoms with van der Waals surface area (Å²) in [6.45, 7) is 5.13. The number of rotatable bonds is 7. The minimum absolute atomic E-state index is 0.126. The van der Waals surface area contributed by atoms with Crippen molar-refractivity contribution in [3.05, 3.63) is 89.5 Å². The van der Waals surface area contributed by atoms with Crippen LogP contribution in [0.3, 0.4) is 0 Å². The fourth-order valence-electron chi connectivity index (χ4n) is 5.78. The third kappa shape index (κ3) is 4.60. The highest BCUT2D eigenvalue weighted by Gasteiger charge is 2.32. The van der Waals surface area contributed by atoms with Crippen molar-refractivity contribution in [2.24, 2.45) is 0 Å². The highest BCUT2D eigenvalue weighted by molar-refractivity contribution is 5.81. The van der Waals surface area contributed by atoms with Gasteiger partial charge in [-0.2, -0.15) is 0 Å². The first-order valence-electron chi connectivity index (χ1n) is 12.3. The Balaban J connectivity index is 1.25. The molecule has 182 valence electrons. The van der Waals surface area contributed by atoms with Crippen LogP contribution in [0.15, 0.2) is 66.7 Å². The van der Waals surface area contributed by atoms with Gasteiger partial charge in [0.2, 0.25) is 0 Å². The molecule has 0 amide bonds. The summed E-state index contributed by atoms with van der Waals surface area (Å²) < 4.78 is 27.0. The predicted molar refractivity (Wildman–Crippen MR) is 136 cm³/mol. The maximum absolute atomic E-state index is 13.7. The number of fused-ring (bicyclic) bond motifs is 3. The molecule has 1 fully saturated rings. The third-order valence-corrected chi connectivity index (χ3v) is 7.44.